The minimum atomic E-state index is -0.807. The van der Waals surface area contributed by atoms with E-state index in [1.807, 2.05) is 18.2 Å². The van der Waals surface area contributed by atoms with Crippen LogP contribution >= 0.6 is 0 Å². The Morgan fingerprint density at radius 3 is 2.50 bits per heavy atom. The van der Waals surface area contributed by atoms with E-state index in [1.54, 1.807) is 13.0 Å². The first-order chi connectivity index (χ1) is 13.5. The minimum Gasteiger partial charge on any atom is -0.452 e. The first kappa shape index (κ1) is 17.7. The molecular weight excluding hydrogens is 356 g/mol. The van der Waals surface area contributed by atoms with Crippen LogP contribution in [-0.2, 0) is 20.7 Å². The molecule has 1 amide bonds. The summed E-state index contributed by atoms with van der Waals surface area (Å²) >= 11 is 0. The van der Waals surface area contributed by atoms with Gasteiger partial charge in [-0.05, 0) is 75.3 Å². The van der Waals surface area contributed by atoms with Gasteiger partial charge in [0.25, 0.3) is 5.91 Å². The monoisotopic (exact) mass is 382 g/mol. The van der Waals surface area contributed by atoms with E-state index in [9.17, 15) is 9.59 Å². The molecule has 1 aromatic heterocycles. The Hall–Kier alpha value is -2.37. The topological polar surface area (TPSA) is 81.4 Å². The molecule has 0 saturated heterocycles. The minimum absolute atomic E-state index is 0.00794. The number of hydrogen-bond acceptors (Lipinski definition) is 5. The van der Waals surface area contributed by atoms with E-state index in [0.29, 0.717) is 11.3 Å². The smallest absolute Gasteiger partial charge is 0.312 e. The largest absolute Gasteiger partial charge is 0.452 e. The van der Waals surface area contributed by atoms with Gasteiger partial charge >= 0.3 is 5.97 Å². The summed E-state index contributed by atoms with van der Waals surface area (Å²) in [5.41, 5.74) is 1.10. The molecule has 1 N–H and O–H groups in total. The first-order valence-corrected chi connectivity index (χ1v) is 10.3. The van der Waals surface area contributed by atoms with Gasteiger partial charge < -0.3 is 14.6 Å². The van der Waals surface area contributed by atoms with Crippen LogP contribution < -0.4 is 5.32 Å². The van der Waals surface area contributed by atoms with Gasteiger partial charge in [-0.2, -0.15) is 0 Å². The summed E-state index contributed by atoms with van der Waals surface area (Å²) in [6, 6.07) is 7.39. The number of fused-ring (bicyclic) bond motifs is 1. The molecule has 0 aliphatic heterocycles. The van der Waals surface area contributed by atoms with Gasteiger partial charge in [-0.1, -0.05) is 17.3 Å². The standard InChI is InChI=1S/C22H26N2O4/c1-13(27-20(25)9-18-17-4-2-3-5-19(17)28-24-18)21(26)23-22-10-14-6-15(11-22)8-16(7-14)12-22/h2-5,13-16H,6-12H2,1H3,(H,23,26)/t13-,14?,15?,16?,22?/m0/s1. The number of carbonyl (C=O) groups is 2. The number of para-hydroxylation sites is 1. The van der Waals surface area contributed by atoms with E-state index in [4.69, 9.17) is 9.26 Å². The van der Waals surface area contributed by atoms with Crippen molar-refractivity contribution in [3.05, 3.63) is 30.0 Å². The maximum atomic E-state index is 12.8. The number of hydrogen-bond donors (Lipinski definition) is 1. The number of amides is 1. The fourth-order valence-electron chi connectivity index (χ4n) is 6.12. The van der Waals surface area contributed by atoms with E-state index in [-0.39, 0.29) is 17.9 Å². The molecule has 4 saturated carbocycles. The summed E-state index contributed by atoms with van der Waals surface area (Å²) in [6.07, 6.45) is 6.40. The van der Waals surface area contributed by atoms with Gasteiger partial charge in [0.15, 0.2) is 11.7 Å². The Morgan fingerprint density at radius 1 is 1.18 bits per heavy atom. The molecule has 28 heavy (non-hydrogen) atoms. The fourth-order valence-corrected chi connectivity index (χ4v) is 6.12. The van der Waals surface area contributed by atoms with Crippen LogP contribution in [0.25, 0.3) is 11.0 Å². The average Bonchev–Trinajstić information content (AvgIpc) is 3.03. The maximum Gasteiger partial charge on any atom is 0.312 e. The third-order valence-corrected chi connectivity index (χ3v) is 6.87. The van der Waals surface area contributed by atoms with Crippen LogP contribution in [0.3, 0.4) is 0 Å². The van der Waals surface area contributed by atoms with Gasteiger partial charge in [0.1, 0.15) is 5.69 Å². The molecule has 2 aromatic rings. The summed E-state index contributed by atoms with van der Waals surface area (Å²) in [7, 11) is 0. The van der Waals surface area contributed by atoms with Crippen molar-refractivity contribution in [3.8, 4) is 0 Å². The zero-order chi connectivity index (χ0) is 19.3. The lowest BCUT2D eigenvalue weighted by Gasteiger charge is -2.57. The quantitative estimate of drug-likeness (QED) is 0.802. The fraction of sp³-hybridized carbons (Fsp3) is 0.591. The highest BCUT2D eigenvalue weighted by Gasteiger charge is 2.51. The number of aromatic nitrogens is 1. The molecule has 6 heteroatoms. The van der Waals surface area contributed by atoms with Gasteiger partial charge in [0.2, 0.25) is 0 Å². The van der Waals surface area contributed by atoms with Crippen LogP contribution in [-0.4, -0.2) is 28.7 Å². The maximum absolute atomic E-state index is 12.8. The SMILES string of the molecule is C[C@H](OC(=O)Cc1noc2ccccc12)C(=O)NC12CC3CC(CC(C3)C1)C2. The van der Waals surface area contributed by atoms with Crippen LogP contribution in [0.1, 0.15) is 51.1 Å². The molecule has 1 atom stereocenters. The highest BCUT2D eigenvalue weighted by Crippen LogP contribution is 2.55. The van der Waals surface area contributed by atoms with Gasteiger partial charge in [0.05, 0.1) is 6.42 Å². The molecule has 4 aliphatic rings. The van der Waals surface area contributed by atoms with E-state index in [0.717, 1.165) is 42.4 Å². The van der Waals surface area contributed by atoms with E-state index in [2.05, 4.69) is 10.5 Å². The second-order valence-corrected chi connectivity index (χ2v) is 9.12. The Morgan fingerprint density at radius 2 is 1.82 bits per heavy atom. The zero-order valence-electron chi connectivity index (χ0n) is 16.1. The number of carbonyl (C=O) groups excluding carboxylic acids is 2. The summed E-state index contributed by atoms with van der Waals surface area (Å²) in [5, 5.41) is 8.02. The number of benzene rings is 1. The van der Waals surface area contributed by atoms with Crippen molar-refractivity contribution in [2.75, 3.05) is 0 Å². The highest BCUT2D eigenvalue weighted by molar-refractivity contribution is 5.87. The summed E-state index contributed by atoms with van der Waals surface area (Å²) in [6.45, 7) is 1.65. The Bertz CT molecular complexity index is 883. The molecular formula is C22H26N2O4. The van der Waals surface area contributed by atoms with Crippen molar-refractivity contribution in [1.29, 1.82) is 0 Å². The number of ether oxygens (including phenoxy) is 1. The predicted molar refractivity (Wildman–Crippen MR) is 102 cm³/mol. The van der Waals surface area contributed by atoms with Crippen molar-refractivity contribution in [1.82, 2.24) is 10.5 Å². The number of nitrogens with zero attached hydrogens (tertiary/aromatic N) is 1. The normalized spacial score (nSPS) is 31.7. The van der Waals surface area contributed by atoms with Crippen molar-refractivity contribution < 1.29 is 18.8 Å². The molecule has 4 bridgehead atoms. The molecule has 4 aliphatic carbocycles. The average molecular weight is 382 g/mol. The van der Waals surface area contributed by atoms with Gasteiger partial charge in [0, 0.05) is 10.9 Å². The second-order valence-electron chi connectivity index (χ2n) is 9.12. The third-order valence-electron chi connectivity index (χ3n) is 6.87. The Labute approximate surface area is 164 Å². The summed E-state index contributed by atoms with van der Waals surface area (Å²) < 4.78 is 10.6. The zero-order valence-corrected chi connectivity index (χ0v) is 16.1. The van der Waals surface area contributed by atoms with Crippen LogP contribution in [0.2, 0.25) is 0 Å². The molecule has 1 heterocycles. The van der Waals surface area contributed by atoms with Gasteiger partial charge in [-0.15, -0.1) is 0 Å². The Kier molecular flexibility index (Phi) is 4.18. The molecule has 1 aromatic carbocycles. The van der Waals surface area contributed by atoms with Crippen LogP contribution in [0.5, 0.6) is 0 Å². The predicted octanol–water partition coefficient (Wildman–Crippen LogP) is 3.39. The van der Waals surface area contributed by atoms with Gasteiger partial charge in [-0.25, -0.2) is 0 Å². The molecule has 6 rings (SSSR count). The van der Waals surface area contributed by atoms with E-state index >= 15 is 0 Å². The summed E-state index contributed by atoms with van der Waals surface area (Å²) in [5.74, 6) is 1.62. The lowest BCUT2D eigenvalue weighted by molar-refractivity contribution is -0.156. The number of esters is 1. The lowest BCUT2D eigenvalue weighted by atomic mass is 9.53. The van der Waals surface area contributed by atoms with Crippen LogP contribution in [0, 0.1) is 17.8 Å². The lowest BCUT2D eigenvalue weighted by Crippen LogP contribution is -2.61. The van der Waals surface area contributed by atoms with Crippen molar-refractivity contribution in [2.24, 2.45) is 17.8 Å². The first-order valence-electron chi connectivity index (χ1n) is 10.3. The van der Waals surface area contributed by atoms with Crippen molar-refractivity contribution >= 4 is 22.8 Å². The van der Waals surface area contributed by atoms with Crippen LogP contribution in [0.4, 0.5) is 0 Å². The highest BCUT2D eigenvalue weighted by atomic mass is 16.5. The molecule has 4 fully saturated rings. The molecule has 0 unspecified atom stereocenters. The van der Waals surface area contributed by atoms with E-state index < -0.39 is 12.1 Å². The van der Waals surface area contributed by atoms with Gasteiger partial charge in [-0.3, -0.25) is 9.59 Å². The molecule has 6 nitrogen and oxygen atoms in total. The number of nitrogens with one attached hydrogen (secondary N) is 1. The second kappa shape index (κ2) is 6.61. The van der Waals surface area contributed by atoms with Crippen molar-refractivity contribution in [2.45, 2.75) is 63.5 Å². The third kappa shape index (κ3) is 3.19. The molecule has 0 spiro atoms. The number of rotatable bonds is 5. The van der Waals surface area contributed by atoms with E-state index in [1.165, 1.54) is 19.3 Å². The van der Waals surface area contributed by atoms with Crippen molar-refractivity contribution in [3.63, 3.8) is 0 Å². The van der Waals surface area contributed by atoms with Crippen LogP contribution in [0.15, 0.2) is 28.8 Å². The molecule has 148 valence electrons. The molecule has 0 radical (unpaired) electrons. The summed E-state index contributed by atoms with van der Waals surface area (Å²) in [4.78, 5) is 25.1. The Balaban J connectivity index is 1.20.